The highest BCUT2D eigenvalue weighted by molar-refractivity contribution is 6.14. The molecule has 0 aliphatic heterocycles. The molecule has 0 aliphatic carbocycles. The molecule has 0 saturated carbocycles. The quantitative estimate of drug-likeness (QED) is 0.479. The summed E-state index contributed by atoms with van der Waals surface area (Å²) < 4.78 is 12.9. The number of methoxy groups -OCH3 is 2. The van der Waals surface area contributed by atoms with Crippen LogP contribution in [0.15, 0.2) is 79.0 Å². The van der Waals surface area contributed by atoms with Gasteiger partial charge in [0.15, 0.2) is 5.75 Å². The monoisotopic (exact) mass is 357 g/mol. The fraction of sp³-hybridized carbons (Fsp3) is 0.0870. The molecule has 2 aromatic carbocycles. The molecule has 2 heterocycles. The van der Waals surface area contributed by atoms with Gasteiger partial charge in [-0.1, -0.05) is 48.5 Å². The normalized spacial score (nSPS) is 10.7. The second-order valence-electron chi connectivity index (χ2n) is 6.14. The zero-order valence-corrected chi connectivity index (χ0v) is 15.2. The molecule has 0 saturated heterocycles. The van der Waals surface area contributed by atoms with Crippen molar-refractivity contribution in [3.63, 3.8) is 0 Å². The number of carbonyl (C=O) groups excluding carboxylic acids is 1. The Morgan fingerprint density at radius 1 is 0.852 bits per heavy atom. The van der Waals surface area contributed by atoms with Crippen LogP contribution in [0.2, 0.25) is 0 Å². The highest BCUT2D eigenvalue weighted by Gasteiger charge is 2.26. The molecule has 0 N–H and O–H groups in total. The smallest absolute Gasteiger partial charge is 0.210 e. The van der Waals surface area contributed by atoms with Gasteiger partial charge in [-0.15, -0.1) is 0 Å². The van der Waals surface area contributed by atoms with E-state index in [9.17, 15) is 4.79 Å². The van der Waals surface area contributed by atoms with Crippen molar-refractivity contribution in [3.8, 4) is 22.6 Å². The average Bonchev–Trinajstić information content (AvgIpc) is 3.08. The molecule has 0 atom stereocenters. The average molecular weight is 357 g/mol. The third-order valence-corrected chi connectivity index (χ3v) is 4.61. The van der Waals surface area contributed by atoms with Crippen molar-refractivity contribution in [1.29, 1.82) is 0 Å². The molecule has 0 spiro atoms. The van der Waals surface area contributed by atoms with Crippen LogP contribution in [0.25, 0.3) is 16.6 Å². The summed E-state index contributed by atoms with van der Waals surface area (Å²) >= 11 is 0. The zero-order valence-electron chi connectivity index (χ0n) is 15.2. The lowest BCUT2D eigenvalue weighted by Gasteiger charge is -2.08. The van der Waals surface area contributed by atoms with Gasteiger partial charge in [0.25, 0.3) is 0 Å². The van der Waals surface area contributed by atoms with E-state index < -0.39 is 0 Å². The lowest BCUT2D eigenvalue weighted by molar-refractivity contribution is 0.103. The van der Waals surface area contributed by atoms with E-state index in [1.54, 1.807) is 26.4 Å². The van der Waals surface area contributed by atoms with Gasteiger partial charge in [0.2, 0.25) is 5.78 Å². The van der Waals surface area contributed by atoms with E-state index >= 15 is 0 Å². The molecule has 4 aromatic rings. The molecule has 0 bridgehead atoms. The van der Waals surface area contributed by atoms with E-state index in [4.69, 9.17) is 9.47 Å². The van der Waals surface area contributed by atoms with E-state index in [2.05, 4.69) is 0 Å². The molecule has 4 nitrogen and oxygen atoms in total. The number of hydrogen-bond acceptors (Lipinski definition) is 3. The van der Waals surface area contributed by atoms with E-state index in [0.717, 1.165) is 16.6 Å². The second kappa shape index (κ2) is 7.00. The van der Waals surface area contributed by atoms with Crippen molar-refractivity contribution >= 4 is 11.3 Å². The molecule has 134 valence electrons. The number of ether oxygens (including phenoxy) is 2. The first-order chi connectivity index (χ1) is 13.2. The Hall–Kier alpha value is -3.53. The van der Waals surface area contributed by atoms with Gasteiger partial charge in [-0.25, -0.2) is 0 Å². The Bertz CT molecular complexity index is 1110. The van der Waals surface area contributed by atoms with Gasteiger partial charge in [0, 0.05) is 11.8 Å². The van der Waals surface area contributed by atoms with Crippen molar-refractivity contribution in [3.05, 3.63) is 90.3 Å². The van der Waals surface area contributed by atoms with Crippen LogP contribution < -0.4 is 9.47 Å². The maximum atomic E-state index is 13.5. The van der Waals surface area contributed by atoms with Gasteiger partial charge in [0.1, 0.15) is 11.4 Å². The topological polar surface area (TPSA) is 39.9 Å². The number of pyridine rings is 1. The molecular weight excluding hydrogens is 338 g/mol. The summed E-state index contributed by atoms with van der Waals surface area (Å²) in [6.07, 6.45) is 1.89. The first-order valence-electron chi connectivity index (χ1n) is 8.66. The van der Waals surface area contributed by atoms with Crippen LogP contribution in [0.3, 0.4) is 0 Å². The van der Waals surface area contributed by atoms with Crippen molar-refractivity contribution in [1.82, 2.24) is 4.40 Å². The largest absolute Gasteiger partial charge is 0.497 e. The summed E-state index contributed by atoms with van der Waals surface area (Å²) in [6.45, 7) is 0. The van der Waals surface area contributed by atoms with E-state index in [-0.39, 0.29) is 5.78 Å². The fourth-order valence-corrected chi connectivity index (χ4v) is 3.38. The highest BCUT2D eigenvalue weighted by Crippen LogP contribution is 2.40. The number of carbonyl (C=O) groups is 1. The first-order valence-corrected chi connectivity index (χ1v) is 8.66. The minimum absolute atomic E-state index is 0.0859. The molecule has 4 heteroatoms. The zero-order chi connectivity index (χ0) is 18.8. The molecule has 27 heavy (non-hydrogen) atoms. The first kappa shape index (κ1) is 16.9. The van der Waals surface area contributed by atoms with Crippen LogP contribution in [-0.2, 0) is 0 Å². The van der Waals surface area contributed by atoms with E-state index in [1.807, 2.05) is 71.3 Å². The Labute approximate surface area is 157 Å². The predicted octanol–water partition coefficient (Wildman–Crippen LogP) is 4.85. The van der Waals surface area contributed by atoms with Crippen LogP contribution in [0, 0.1) is 0 Å². The summed E-state index contributed by atoms with van der Waals surface area (Å²) in [5, 5.41) is 0. The van der Waals surface area contributed by atoms with Crippen molar-refractivity contribution in [2.24, 2.45) is 0 Å². The maximum Gasteiger partial charge on any atom is 0.210 e. The van der Waals surface area contributed by atoms with E-state index in [0.29, 0.717) is 22.8 Å². The Morgan fingerprint density at radius 2 is 1.63 bits per heavy atom. The molecule has 0 amide bonds. The van der Waals surface area contributed by atoms with Gasteiger partial charge in [-0.2, -0.15) is 0 Å². The van der Waals surface area contributed by atoms with Crippen LogP contribution in [0.5, 0.6) is 11.5 Å². The number of fused-ring (bicyclic) bond motifs is 1. The summed E-state index contributed by atoms with van der Waals surface area (Å²) in [5.74, 6) is 1.25. The molecule has 0 unspecified atom stereocenters. The number of nitrogens with zero attached hydrogens (tertiary/aromatic N) is 1. The van der Waals surface area contributed by atoms with Gasteiger partial charge in [0.05, 0.1) is 25.3 Å². The van der Waals surface area contributed by atoms with Gasteiger partial charge in [-0.05, 0) is 29.8 Å². The summed E-state index contributed by atoms with van der Waals surface area (Å²) in [6, 6.07) is 22.8. The SMILES string of the molecule is COc1cccc(C(=O)c2c(-c3ccccc3)c(OC)c3ccccn23)c1. The standard InChI is InChI=1S/C23H19NO3/c1-26-18-12-8-11-17(15-18)22(25)21-20(16-9-4-3-5-10-16)23(27-2)19-13-6-7-14-24(19)21/h3-15H,1-2H3. The van der Waals surface area contributed by atoms with Crippen molar-refractivity contribution < 1.29 is 14.3 Å². The molecule has 0 radical (unpaired) electrons. The molecule has 2 aromatic heterocycles. The minimum atomic E-state index is -0.0859. The summed E-state index contributed by atoms with van der Waals surface area (Å²) in [4.78, 5) is 13.5. The number of benzene rings is 2. The minimum Gasteiger partial charge on any atom is -0.497 e. The van der Waals surface area contributed by atoms with E-state index in [1.165, 1.54) is 0 Å². The third kappa shape index (κ3) is 2.85. The molecule has 0 fully saturated rings. The van der Waals surface area contributed by atoms with Crippen LogP contribution in [0.4, 0.5) is 0 Å². The summed E-state index contributed by atoms with van der Waals surface area (Å²) in [5.41, 5.74) is 3.71. The van der Waals surface area contributed by atoms with Crippen molar-refractivity contribution in [2.45, 2.75) is 0 Å². The van der Waals surface area contributed by atoms with Crippen LogP contribution in [0.1, 0.15) is 16.1 Å². The Kier molecular flexibility index (Phi) is 4.38. The molecule has 0 aliphatic rings. The number of hydrogen-bond donors (Lipinski definition) is 0. The third-order valence-electron chi connectivity index (χ3n) is 4.61. The Morgan fingerprint density at radius 3 is 2.37 bits per heavy atom. The maximum absolute atomic E-state index is 13.5. The van der Waals surface area contributed by atoms with Gasteiger partial charge >= 0.3 is 0 Å². The number of rotatable bonds is 5. The summed E-state index contributed by atoms with van der Waals surface area (Å²) in [7, 11) is 3.23. The number of aromatic nitrogens is 1. The molecule has 4 rings (SSSR count). The Balaban J connectivity index is 2.03. The second-order valence-corrected chi connectivity index (χ2v) is 6.14. The highest BCUT2D eigenvalue weighted by atomic mass is 16.5. The van der Waals surface area contributed by atoms with Crippen molar-refractivity contribution in [2.75, 3.05) is 14.2 Å². The van der Waals surface area contributed by atoms with Gasteiger partial charge < -0.3 is 13.9 Å². The predicted molar refractivity (Wildman–Crippen MR) is 106 cm³/mol. The van der Waals surface area contributed by atoms with Crippen LogP contribution >= 0.6 is 0 Å². The lowest BCUT2D eigenvalue weighted by atomic mass is 9.99. The van der Waals surface area contributed by atoms with Crippen LogP contribution in [-0.4, -0.2) is 24.4 Å². The number of ketones is 1. The molecular formula is C23H19NO3. The van der Waals surface area contributed by atoms with Gasteiger partial charge in [-0.3, -0.25) is 4.79 Å². The lowest BCUT2D eigenvalue weighted by Crippen LogP contribution is -2.07. The fourth-order valence-electron chi connectivity index (χ4n) is 3.38.